The molecule has 3 aromatic rings. The Bertz CT molecular complexity index is 1530. The second kappa shape index (κ2) is 14.2. The van der Waals surface area contributed by atoms with Gasteiger partial charge in [0.15, 0.2) is 5.75 Å². The van der Waals surface area contributed by atoms with Gasteiger partial charge in [-0.3, -0.25) is 14.5 Å². The van der Waals surface area contributed by atoms with Crippen LogP contribution in [0.15, 0.2) is 72.9 Å². The van der Waals surface area contributed by atoms with E-state index in [1.807, 2.05) is 24.3 Å². The molecule has 1 saturated heterocycles. The standard InChI is InChI=1S/C30H34ClN5O5S/c1-2-40-29(37)21-42(38,39)36(16-6-8-22-7-5-9-23(19-22)30(32)33)24-11-12-27(26(31)20-24)41-25-13-17-35(18-14-25)28-10-3-4-15-34-28/h3-12,15,19-20,25H,2,13-14,16-18,21H2,1H3,(H3,32,33). The molecule has 0 atom stereocenters. The number of aromatic nitrogens is 1. The zero-order chi connectivity index (χ0) is 30.1. The van der Waals surface area contributed by atoms with Gasteiger partial charge in [0.05, 0.1) is 23.9 Å². The van der Waals surface area contributed by atoms with Crippen LogP contribution in [-0.4, -0.2) is 63.3 Å². The molecule has 12 heteroatoms. The molecule has 2 heterocycles. The van der Waals surface area contributed by atoms with Crippen LogP contribution in [0.25, 0.3) is 6.08 Å². The molecule has 1 aliphatic heterocycles. The fraction of sp³-hybridized carbons (Fsp3) is 0.300. The van der Waals surface area contributed by atoms with Crippen LogP contribution < -0.4 is 19.7 Å². The van der Waals surface area contributed by atoms with Gasteiger partial charge >= 0.3 is 5.97 Å². The summed E-state index contributed by atoms with van der Waals surface area (Å²) in [7, 11) is -4.12. The third-order valence-electron chi connectivity index (χ3n) is 6.63. The maximum atomic E-state index is 13.3. The summed E-state index contributed by atoms with van der Waals surface area (Å²) < 4.78 is 38.8. The largest absolute Gasteiger partial charge is 0.489 e. The number of piperidine rings is 1. The number of nitrogens with one attached hydrogen (secondary N) is 1. The summed E-state index contributed by atoms with van der Waals surface area (Å²) in [5, 5.41) is 7.89. The van der Waals surface area contributed by atoms with Gasteiger partial charge in [0.25, 0.3) is 0 Å². The number of hydrogen-bond donors (Lipinski definition) is 2. The maximum Gasteiger partial charge on any atom is 0.323 e. The average molecular weight is 612 g/mol. The number of esters is 1. The van der Waals surface area contributed by atoms with E-state index < -0.39 is 21.7 Å². The number of ether oxygens (including phenoxy) is 2. The van der Waals surface area contributed by atoms with Crippen molar-refractivity contribution in [2.24, 2.45) is 5.73 Å². The number of carbonyl (C=O) groups is 1. The van der Waals surface area contributed by atoms with Crippen LogP contribution in [0.2, 0.25) is 5.02 Å². The predicted octanol–water partition coefficient (Wildman–Crippen LogP) is 4.48. The summed E-state index contributed by atoms with van der Waals surface area (Å²) in [5.74, 6) is -0.346. The third-order valence-corrected chi connectivity index (χ3v) is 8.56. The number of amidine groups is 1. The first kappa shape index (κ1) is 30.9. The Morgan fingerprint density at radius 2 is 1.95 bits per heavy atom. The summed E-state index contributed by atoms with van der Waals surface area (Å²) in [6.45, 7) is 3.19. The minimum Gasteiger partial charge on any atom is -0.489 e. The summed E-state index contributed by atoms with van der Waals surface area (Å²) >= 11 is 6.59. The van der Waals surface area contributed by atoms with E-state index in [0.717, 1.165) is 41.6 Å². The average Bonchev–Trinajstić information content (AvgIpc) is 2.97. The van der Waals surface area contributed by atoms with Crippen molar-refractivity contribution in [3.05, 3.63) is 89.1 Å². The van der Waals surface area contributed by atoms with Gasteiger partial charge in [-0.05, 0) is 48.9 Å². The zero-order valence-corrected chi connectivity index (χ0v) is 24.9. The van der Waals surface area contributed by atoms with Gasteiger partial charge in [-0.25, -0.2) is 13.4 Å². The number of anilines is 2. The molecule has 1 fully saturated rings. The van der Waals surface area contributed by atoms with Crippen molar-refractivity contribution in [2.45, 2.75) is 25.9 Å². The predicted molar refractivity (Wildman–Crippen MR) is 166 cm³/mol. The summed E-state index contributed by atoms with van der Waals surface area (Å²) in [4.78, 5) is 18.7. The molecule has 222 valence electrons. The highest BCUT2D eigenvalue weighted by atomic mass is 35.5. The van der Waals surface area contributed by atoms with E-state index in [1.54, 1.807) is 55.6 Å². The quantitative estimate of drug-likeness (QED) is 0.174. The van der Waals surface area contributed by atoms with Crippen molar-refractivity contribution in [1.29, 1.82) is 5.41 Å². The molecule has 42 heavy (non-hydrogen) atoms. The zero-order valence-electron chi connectivity index (χ0n) is 23.3. The van der Waals surface area contributed by atoms with Gasteiger partial charge in [0, 0.05) is 37.7 Å². The fourth-order valence-electron chi connectivity index (χ4n) is 4.57. The molecule has 0 amide bonds. The smallest absolute Gasteiger partial charge is 0.323 e. The molecule has 0 spiro atoms. The molecule has 1 aliphatic rings. The van der Waals surface area contributed by atoms with Crippen LogP contribution in [0.1, 0.15) is 30.9 Å². The fourth-order valence-corrected chi connectivity index (χ4v) is 6.07. The van der Waals surface area contributed by atoms with E-state index >= 15 is 0 Å². The van der Waals surface area contributed by atoms with Gasteiger partial charge in [-0.1, -0.05) is 48.0 Å². The lowest BCUT2D eigenvalue weighted by Gasteiger charge is -2.33. The molecule has 0 bridgehead atoms. The van der Waals surface area contributed by atoms with Crippen LogP contribution in [-0.2, 0) is 19.6 Å². The highest BCUT2D eigenvalue weighted by Gasteiger charge is 2.27. The SMILES string of the molecule is CCOC(=O)CS(=O)(=O)N(CC=Cc1cccc(C(=N)N)c1)c1ccc(OC2CCN(c3ccccn3)CC2)c(Cl)c1. The van der Waals surface area contributed by atoms with E-state index in [0.29, 0.717) is 11.3 Å². The van der Waals surface area contributed by atoms with Crippen molar-refractivity contribution in [2.75, 3.05) is 41.2 Å². The highest BCUT2D eigenvalue weighted by molar-refractivity contribution is 7.93. The van der Waals surface area contributed by atoms with Crippen LogP contribution in [0.5, 0.6) is 5.75 Å². The van der Waals surface area contributed by atoms with E-state index in [1.165, 1.54) is 6.07 Å². The second-order valence-electron chi connectivity index (χ2n) is 9.64. The molecular formula is C30H34ClN5O5S. The number of sulfonamides is 1. The summed E-state index contributed by atoms with van der Waals surface area (Å²) in [5.41, 5.74) is 7.15. The van der Waals surface area contributed by atoms with Crippen LogP contribution in [0.3, 0.4) is 0 Å². The summed E-state index contributed by atoms with van der Waals surface area (Å²) in [6.07, 6.45) is 6.66. The number of rotatable bonds is 12. The molecule has 0 aliphatic carbocycles. The number of pyridine rings is 1. The van der Waals surface area contributed by atoms with Crippen molar-refractivity contribution >= 4 is 51.0 Å². The number of nitrogen functional groups attached to an aromatic ring is 1. The Hall–Kier alpha value is -4.09. The van der Waals surface area contributed by atoms with Gasteiger partial charge in [0.1, 0.15) is 23.5 Å². The Balaban J connectivity index is 1.49. The minimum atomic E-state index is -4.12. The minimum absolute atomic E-state index is 0.0503. The number of hydrogen-bond acceptors (Lipinski definition) is 8. The highest BCUT2D eigenvalue weighted by Crippen LogP contribution is 2.33. The van der Waals surface area contributed by atoms with Gasteiger partial charge < -0.3 is 20.1 Å². The van der Waals surface area contributed by atoms with Gasteiger partial charge in [-0.2, -0.15) is 0 Å². The van der Waals surface area contributed by atoms with Crippen molar-refractivity contribution in [3.63, 3.8) is 0 Å². The van der Waals surface area contributed by atoms with Crippen LogP contribution >= 0.6 is 11.6 Å². The Labute approximate surface area is 251 Å². The lowest BCUT2D eigenvalue weighted by molar-refractivity contribution is -0.139. The lowest BCUT2D eigenvalue weighted by atomic mass is 10.1. The molecule has 0 saturated carbocycles. The molecular weight excluding hydrogens is 578 g/mol. The number of nitrogens with zero attached hydrogens (tertiary/aromatic N) is 3. The normalized spacial score (nSPS) is 14.1. The summed E-state index contributed by atoms with van der Waals surface area (Å²) in [6, 6.07) is 17.6. The monoisotopic (exact) mass is 611 g/mol. The Kier molecular flexibility index (Phi) is 10.4. The molecule has 4 rings (SSSR count). The van der Waals surface area contributed by atoms with Crippen molar-refractivity contribution in [1.82, 2.24) is 4.98 Å². The first-order valence-electron chi connectivity index (χ1n) is 13.6. The topological polar surface area (TPSA) is 139 Å². The molecule has 1 aromatic heterocycles. The van der Waals surface area contributed by atoms with Gasteiger partial charge in [0.2, 0.25) is 10.0 Å². The Morgan fingerprint density at radius 1 is 1.17 bits per heavy atom. The number of carbonyl (C=O) groups excluding carboxylic acids is 1. The van der Waals surface area contributed by atoms with E-state index in [2.05, 4.69) is 9.88 Å². The van der Waals surface area contributed by atoms with E-state index in [-0.39, 0.29) is 35.8 Å². The molecule has 3 N–H and O–H groups in total. The molecule has 0 unspecified atom stereocenters. The molecule has 2 aromatic carbocycles. The first-order valence-corrected chi connectivity index (χ1v) is 15.5. The van der Waals surface area contributed by atoms with E-state index in [4.69, 9.17) is 32.2 Å². The first-order chi connectivity index (χ1) is 20.2. The van der Waals surface area contributed by atoms with E-state index in [9.17, 15) is 13.2 Å². The second-order valence-corrected chi connectivity index (χ2v) is 11.9. The number of nitrogens with two attached hydrogens (primary N) is 1. The van der Waals surface area contributed by atoms with Crippen molar-refractivity contribution in [3.8, 4) is 5.75 Å². The Morgan fingerprint density at radius 3 is 2.62 bits per heavy atom. The van der Waals surface area contributed by atoms with Crippen LogP contribution in [0.4, 0.5) is 11.5 Å². The number of benzene rings is 2. The van der Waals surface area contributed by atoms with Gasteiger partial charge in [-0.15, -0.1) is 0 Å². The van der Waals surface area contributed by atoms with Crippen molar-refractivity contribution < 1.29 is 22.7 Å². The molecule has 10 nitrogen and oxygen atoms in total. The third kappa shape index (κ3) is 8.23. The number of halogens is 1. The molecule has 0 radical (unpaired) electrons. The maximum absolute atomic E-state index is 13.3. The van der Waals surface area contributed by atoms with Crippen LogP contribution in [0, 0.1) is 5.41 Å². The lowest BCUT2D eigenvalue weighted by Crippen LogP contribution is -2.38.